The number of fused-ring (bicyclic) bond motifs is 1. The van der Waals surface area contributed by atoms with Gasteiger partial charge in [-0.05, 0) is 24.6 Å². The molecule has 0 radical (unpaired) electrons. The first-order valence-corrected chi connectivity index (χ1v) is 6.77. The van der Waals surface area contributed by atoms with Gasteiger partial charge in [-0.2, -0.15) is 10.5 Å². The van der Waals surface area contributed by atoms with Gasteiger partial charge in [-0.25, -0.2) is 4.79 Å². The number of hydrogen-bond donors (Lipinski definition) is 1. The Labute approximate surface area is 131 Å². The molecule has 2 heterocycles. The van der Waals surface area contributed by atoms with E-state index in [1.165, 1.54) is 0 Å². The molecule has 0 saturated heterocycles. The molecule has 1 aromatic heterocycles. The van der Waals surface area contributed by atoms with Gasteiger partial charge < -0.3 is 14.9 Å². The lowest BCUT2D eigenvalue weighted by Gasteiger charge is -2.25. The van der Waals surface area contributed by atoms with Crippen LogP contribution in [0.1, 0.15) is 28.4 Å². The number of nitrogens with zero attached hydrogens (tertiary/aromatic N) is 2. The zero-order valence-electron chi connectivity index (χ0n) is 12.2. The molecule has 6 nitrogen and oxygen atoms in total. The number of ether oxygens (including phenoxy) is 1. The van der Waals surface area contributed by atoms with Gasteiger partial charge in [0.1, 0.15) is 23.2 Å². The number of nitrogens with two attached hydrogens (primary N) is 1. The average molecular weight is 305 g/mol. The number of aryl methyl sites for hydroxylation is 1. The third-order valence-corrected chi connectivity index (χ3v) is 3.63. The maximum Gasteiger partial charge on any atom is 0.343 e. The van der Waals surface area contributed by atoms with Gasteiger partial charge in [-0.3, -0.25) is 0 Å². The van der Waals surface area contributed by atoms with Crippen molar-refractivity contribution >= 4 is 0 Å². The molecule has 0 saturated carbocycles. The van der Waals surface area contributed by atoms with E-state index in [2.05, 4.69) is 0 Å². The van der Waals surface area contributed by atoms with Crippen LogP contribution in [0.2, 0.25) is 0 Å². The Morgan fingerprint density at radius 1 is 1.17 bits per heavy atom. The largest absolute Gasteiger partial charge is 0.440 e. The highest BCUT2D eigenvalue weighted by Crippen LogP contribution is 2.40. The molecule has 1 atom stereocenters. The highest BCUT2D eigenvalue weighted by atomic mass is 16.5. The van der Waals surface area contributed by atoms with Crippen LogP contribution in [0.25, 0.3) is 0 Å². The van der Waals surface area contributed by atoms with Crippen molar-refractivity contribution in [2.75, 3.05) is 0 Å². The Kier molecular flexibility index (Phi) is 3.36. The van der Waals surface area contributed by atoms with E-state index in [0.717, 1.165) is 0 Å². The second kappa shape index (κ2) is 5.36. The first-order chi connectivity index (χ1) is 11.0. The monoisotopic (exact) mass is 305 g/mol. The number of benzene rings is 1. The standard InChI is InChI=1S/C17H11N3O3/c1-9-6-13-15(17(21)22-9)14(12(8-19)16(20)23-13)11-4-2-10(7-18)3-5-11/h2-6,14H,20H2,1H3. The molecule has 0 bridgehead atoms. The van der Waals surface area contributed by atoms with Gasteiger partial charge in [-0.1, -0.05) is 12.1 Å². The van der Waals surface area contributed by atoms with Gasteiger partial charge >= 0.3 is 5.63 Å². The van der Waals surface area contributed by atoms with Crippen LogP contribution < -0.4 is 16.1 Å². The smallest absolute Gasteiger partial charge is 0.343 e. The van der Waals surface area contributed by atoms with E-state index in [0.29, 0.717) is 16.9 Å². The first-order valence-electron chi connectivity index (χ1n) is 6.77. The van der Waals surface area contributed by atoms with Gasteiger partial charge in [0.05, 0.1) is 23.1 Å². The van der Waals surface area contributed by atoms with Crippen LogP contribution >= 0.6 is 0 Å². The minimum atomic E-state index is -0.687. The molecule has 6 heteroatoms. The molecule has 0 amide bonds. The van der Waals surface area contributed by atoms with Gasteiger partial charge in [0.2, 0.25) is 5.88 Å². The van der Waals surface area contributed by atoms with Crippen molar-refractivity contribution in [2.24, 2.45) is 5.73 Å². The van der Waals surface area contributed by atoms with E-state index in [1.54, 1.807) is 37.3 Å². The fourth-order valence-corrected chi connectivity index (χ4v) is 2.60. The molecule has 3 rings (SSSR count). The minimum absolute atomic E-state index is 0.0423. The molecule has 0 fully saturated rings. The average Bonchev–Trinajstić information content (AvgIpc) is 2.53. The highest BCUT2D eigenvalue weighted by Gasteiger charge is 2.34. The summed E-state index contributed by atoms with van der Waals surface area (Å²) in [5.41, 5.74) is 6.76. The maximum absolute atomic E-state index is 12.3. The Bertz CT molecular complexity index is 957. The second-order valence-corrected chi connectivity index (χ2v) is 5.08. The number of rotatable bonds is 1. The second-order valence-electron chi connectivity index (χ2n) is 5.08. The molecular formula is C17H11N3O3. The summed E-state index contributed by atoms with van der Waals surface area (Å²) < 4.78 is 10.6. The Morgan fingerprint density at radius 2 is 1.87 bits per heavy atom. The summed E-state index contributed by atoms with van der Waals surface area (Å²) >= 11 is 0. The summed E-state index contributed by atoms with van der Waals surface area (Å²) in [6.07, 6.45) is 0. The quantitative estimate of drug-likeness (QED) is 0.862. The van der Waals surface area contributed by atoms with E-state index < -0.39 is 11.5 Å². The highest BCUT2D eigenvalue weighted by molar-refractivity contribution is 5.55. The Hall–Kier alpha value is -3.51. The van der Waals surface area contributed by atoms with E-state index in [4.69, 9.17) is 20.1 Å². The molecule has 0 spiro atoms. The predicted octanol–water partition coefficient (Wildman–Crippen LogP) is 2.04. The van der Waals surface area contributed by atoms with Crippen LogP contribution in [0, 0.1) is 29.6 Å². The van der Waals surface area contributed by atoms with Gasteiger partial charge in [0, 0.05) is 6.07 Å². The molecule has 1 aliphatic rings. The number of allylic oxidation sites excluding steroid dienone is 1. The normalized spacial score (nSPS) is 16.0. The predicted molar refractivity (Wildman–Crippen MR) is 80.2 cm³/mol. The van der Waals surface area contributed by atoms with Crippen molar-refractivity contribution in [1.82, 2.24) is 0 Å². The summed E-state index contributed by atoms with van der Waals surface area (Å²) in [6, 6.07) is 12.2. The van der Waals surface area contributed by atoms with Gasteiger partial charge in [0.15, 0.2) is 0 Å². The van der Waals surface area contributed by atoms with Crippen LogP contribution in [0.5, 0.6) is 5.75 Å². The third-order valence-electron chi connectivity index (χ3n) is 3.63. The van der Waals surface area contributed by atoms with Gasteiger partial charge in [0.25, 0.3) is 0 Å². The zero-order chi connectivity index (χ0) is 16.6. The van der Waals surface area contributed by atoms with Crippen molar-refractivity contribution in [1.29, 1.82) is 10.5 Å². The molecule has 2 aromatic rings. The third kappa shape index (κ3) is 2.33. The fraction of sp³-hybridized carbons (Fsp3) is 0.118. The summed E-state index contributed by atoms with van der Waals surface area (Å²) in [5.74, 6) is -0.0575. The lowest BCUT2D eigenvalue weighted by atomic mass is 9.84. The van der Waals surface area contributed by atoms with Gasteiger partial charge in [-0.15, -0.1) is 0 Å². The van der Waals surface area contributed by atoms with Crippen molar-refractivity contribution < 1.29 is 9.15 Å². The van der Waals surface area contributed by atoms with E-state index in [1.807, 2.05) is 12.1 Å². The first kappa shape index (κ1) is 14.4. The summed E-state index contributed by atoms with van der Waals surface area (Å²) in [4.78, 5) is 12.3. The van der Waals surface area contributed by atoms with Crippen LogP contribution in [0.15, 0.2) is 51.0 Å². The van der Waals surface area contributed by atoms with E-state index in [9.17, 15) is 10.1 Å². The fourth-order valence-electron chi connectivity index (χ4n) is 2.60. The zero-order valence-corrected chi connectivity index (χ0v) is 12.2. The van der Waals surface area contributed by atoms with E-state index >= 15 is 0 Å². The van der Waals surface area contributed by atoms with Crippen LogP contribution in [0.3, 0.4) is 0 Å². The minimum Gasteiger partial charge on any atom is -0.440 e. The topological polar surface area (TPSA) is 113 Å². The molecule has 0 aliphatic carbocycles. The van der Waals surface area contributed by atoms with Crippen LogP contribution in [-0.2, 0) is 0 Å². The van der Waals surface area contributed by atoms with E-state index in [-0.39, 0.29) is 22.8 Å². The molecule has 2 N–H and O–H groups in total. The number of nitriles is 2. The Balaban J connectivity index is 2.27. The summed E-state index contributed by atoms with van der Waals surface area (Å²) in [5, 5.41) is 18.3. The maximum atomic E-state index is 12.3. The van der Waals surface area contributed by atoms with Crippen LogP contribution in [-0.4, -0.2) is 0 Å². The van der Waals surface area contributed by atoms with Crippen molar-refractivity contribution in [3.8, 4) is 17.9 Å². The molecule has 112 valence electrons. The summed E-state index contributed by atoms with van der Waals surface area (Å²) in [6.45, 7) is 1.63. The molecule has 1 unspecified atom stereocenters. The molecule has 23 heavy (non-hydrogen) atoms. The Morgan fingerprint density at radius 3 is 2.48 bits per heavy atom. The number of hydrogen-bond acceptors (Lipinski definition) is 6. The molecule has 1 aromatic carbocycles. The van der Waals surface area contributed by atoms with Crippen molar-refractivity contribution in [3.05, 3.63) is 74.7 Å². The lowest BCUT2D eigenvalue weighted by Crippen LogP contribution is -2.26. The molecular weight excluding hydrogens is 294 g/mol. The molecule has 1 aliphatic heterocycles. The SMILES string of the molecule is Cc1cc2c(c(=O)o1)C(c1ccc(C#N)cc1)C(C#N)=C(N)O2. The van der Waals surface area contributed by atoms with Crippen molar-refractivity contribution in [3.63, 3.8) is 0 Å². The summed E-state index contributed by atoms with van der Waals surface area (Å²) in [7, 11) is 0. The van der Waals surface area contributed by atoms with Crippen molar-refractivity contribution in [2.45, 2.75) is 12.8 Å². The lowest BCUT2D eigenvalue weighted by molar-refractivity contribution is 0.371. The van der Waals surface area contributed by atoms with Crippen LogP contribution in [0.4, 0.5) is 0 Å².